The molecule has 0 atom stereocenters. The van der Waals surface area contributed by atoms with Crippen molar-refractivity contribution in [3.8, 4) is 11.8 Å². The number of nitriles is 1. The fourth-order valence-electron chi connectivity index (χ4n) is 4.20. The lowest BCUT2D eigenvalue weighted by atomic mass is 9.89. The van der Waals surface area contributed by atoms with Gasteiger partial charge in [-0.1, -0.05) is 12.1 Å². The summed E-state index contributed by atoms with van der Waals surface area (Å²) in [5, 5.41) is 23.9. The van der Waals surface area contributed by atoms with Crippen molar-refractivity contribution in [3.05, 3.63) is 65.7 Å². The maximum atomic E-state index is 13.2. The largest absolute Gasteiger partial charge is 0.492 e. The number of alkyl halides is 3. The predicted octanol–water partition coefficient (Wildman–Crippen LogP) is 3.67. The van der Waals surface area contributed by atoms with Crippen molar-refractivity contribution >= 4 is 11.5 Å². The Kier molecular flexibility index (Phi) is 5.98. The lowest BCUT2D eigenvalue weighted by molar-refractivity contribution is -0.146. The Labute approximate surface area is 198 Å². The van der Waals surface area contributed by atoms with Crippen molar-refractivity contribution in [2.75, 3.05) is 24.6 Å². The smallest absolute Gasteiger partial charge is 0.453 e. The normalized spacial score (nSPS) is 14.9. The Hall–Kier alpha value is -4.14. The molecule has 35 heavy (non-hydrogen) atoms. The molecule has 0 bridgehead atoms. The van der Waals surface area contributed by atoms with Crippen LogP contribution in [0.5, 0.6) is 5.75 Å². The minimum atomic E-state index is -4.62. The lowest BCUT2D eigenvalue weighted by Crippen LogP contribution is -2.34. The Morgan fingerprint density at radius 1 is 1.06 bits per heavy atom. The van der Waals surface area contributed by atoms with Crippen molar-refractivity contribution in [3.63, 3.8) is 0 Å². The highest BCUT2D eigenvalue weighted by atomic mass is 19.4. The second kappa shape index (κ2) is 9.25. The molecule has 0 radical (unpaired) electrons. The molecule has 180 valence electrons. The van der Waals surface area contributed by atoms with E-state index in [-0.39, 0.29) is 5.65 Å². The third-order valence-corrected chi connectivity index (χ3v) is 6.02. The van der Waals surface area contributed by atoms with Crippen LogP contribution in [0.15, 0.2) is 48.8 Å². The summed E-state index contributed by atoms with van der Waals surface area (Å²) in [6.07, 6.45) is 0.286. The monoisotopic (exact) mass is 482 g/mol. The minimum Gasteiger partial charge on any atom is -0.492 e. The molecule has 1 aliphatic heterocycles. The molecular formula is C23H21F3N8O. The van der Waals surface area contributed by atoms with Crippen LogP contribution in [0.3, 0.4) is 0 Å². The number of hydrogen-bond donors (Lipinski definition) is 0. The molecule has 1 saturated heterocycles. The van der Waals surface area contributed by atoms with E-state index in [0.29, 0.717) is 43.5 Å². The summed E-state index contributed by atoms with van der Waals surface area (Å²) in [6.45, 7) is 2.34. The minimum absolute atomic E-state index is 0.0646. The highest BCUT2D eigenvalue weighted by Gasteiger charge is 2.38. The van der Waals surface area contributed by atoms with Crippen LogP contribution in [0.1, 0.15) is 35.7 Å². The molecule has 0 aliphatic carbocycles. The Morgan fingerprint density at radius 2 is 1.83 bits per heavy atom. The fraction of sp³-hybridized carbons (Fsp3) is 0.348. The summed E-state index contributed by atoms with van der Waals surface area (Å²) in [6, 6.07) is 13.2. The number of piperidine rings is 1. The molecule has 0 saturated carbocycles. The maximum absolute atomic E-state index is 13.2. The molecule has 12 heteroatoms. The van der Waals surface area contributed by atoms with Crippen LogP contribution in [-0.2, 0) is 12.7 Å². The number of nitrogens with zero attached hydrogens (tertiary/aromatic N) is 8. The number of benzene rings is 1. The second-order valence-electron chi connectivity index (χ2n) is 8.27. The number of aromatic nitrogens is 6. The molecule has 9 nitrogen and oxygen atoms in total. The van der Waals surface area contributed by atoms with Crippen LogP contribution < -0.4 is 9.64 Å². The quantitative estimate of drug-likeness (QED) is 0.414. The standard InChI is InChI=1S/C23H21F3N8O/c24-23(25,26)22-30-29-20-5-6-21(31-34(20)22)32-9-7-18(8-10-32)17-1-3-19(4-2-17)35-12-11-33-15-16(13-27)14-28-33/h1-6,14-15,18H,7-12H2. The van der Waals surface area contributed by atoms with Gasteiger partial charge in [0.05, 0.1) is 18.3 Å². The molecule has 0 amide bonds. The third kappa shape index (κ3) is 4.89. The molecule has 1 aliphatic rings. The first-order valence-electron chi connectivity index (χ1n) is 11.1. The van der Waals surface area contributed by atoms with E-state index in [4.69, 9.17) is 10.00 Å². The van der Waals surface area contributed by atoms with Gasteiger partial charge in [0, 0.05) is 19.3 Å². The average Bonchev–Trinajstić information content (AvgIpc) is 3.51. The third-order valence-electron chi connectivity index (χ3n) is 6.02. The van der Waals surface area contributed by atoms with E-state index >= 15 is 0 Å². The summed E-state index contributed by atoms with van der Waals surface area (Å²) >= 11 is 0. The van der Waals surface area contributed by atoms with Gasteiger partial charge in [0.2, 0.25) is 0 Å². The van der Waals surface area contributed by atoms with E-state index in [1.807, 2.05) is 23.1 Å². The van der Waals surface area contributed by atoms with Crippen molar-refractivity contribution < 1.29 is 17.9 Å². The molecule has 1 fully saturated rings. The van der Waals surface area contributed by atoms with Gasteiger partial charge in [-0.15, -0.1) is 15.3 Å². The van der Waals surface area contributed by atoms with E-state index in [2.05, 4.69) is 32.5 Å². The molecule has 4 heterocycles. The van der Waals surface area contributed by atoms with E-state index in [9.17, 15) is 13.2 Å². The van der Waals surface area contributed by atoms with E-state index in [0.717, 1.165) is 23.1 Å². The molecule has 1 aromatic carbocycles. The molecule has 0 unspecified atom stereocenters. The van der Waals surface area contributed by atoms with Crippen molar-refractivity contribution in [2.24, 2.45) is 0 Å². The van der Waals surface area contributed by atoms with Crippen LogP contribution in [0.2, 0.25) is 0 Å². The van der Waals surface area contributed by atoms with Crippen LogP contribution in [0.25, 0.3) is 5.65 Å². The molecule has 3 aromatic heterocycles. The zero-order valence-electron chi connectivity index (χ0n) is 18.6. The molecular weight excluding hydrogens is 461 g/mol. The summed E-state index contributed by atoms with van der Waals surface area (Å²) in [7, 11) is 0. The highest BCUT2D eigenvalue weighted by Crippen LogP contribution is 2.32. The van der Waals surface area contributed by atoms with E-state index in [1.165, 1.54) is 17.8 Å². The van der Waals surface area contributed by atoms with Gasteiger partial charge in [-0.3, -0.25) is 4.68 Å². The summed E-state index contributed by atoms with van der Waals surface area (Å²) in [4.78, 5) is 1.99. The summed E-state index contributed by atoms with van der Waals surface area (Å²) in [5.41, 5.74) is 1.78. The number of fused-ring (bicyclic) bond motifs is 1. The van der Waals surface area contributed by atoms with Gasteiger partial charge < -0.3 is 9.64 Å². The number of anilines is 1. The second-order valence-corrected chi connectivity index (χ2v) is 8.27. The molecule has 5 rings (SSSR count). The van der Waals surface area contributed by atoms with Crippen molar-refractivity contribution in [1.82, 2.24) is 29.6 Å². The van der Waals surface area contributed by atoms with Gasteiger partial charge in [0.15, 0.2) is 5.65 Å². The van der Waals surface area contributed by atoms with Gasteiger partial charge in [0.25, 0.3) is 5.82 Å². The maximum Gasteiger partial charge on any atom is 0.453 e. The Morgan fingerprint density at radius 3 is 2.51 bits per heavy atom. The van der Waals surface area contributed by atoms with Gasteiger partial charge in [-0.05, 0) is 48.6 Å². The molecule has 4 aromatic rings. The SMILES string of the molecule is N#Cc1cnn(CCOc2ccc(C3CCN(c4ccc5nnc(C(F)(F)F)n5n4)CC3)cc2)c1. The zero-order chi connectivity index (χ0) is 24.4. The van der Waals surface area contributed by atoms with Crippen LogP contribution >= 0.6 is 0 Å². The van der Waals surface area contributed by atoms with Gasteiger partial charge in [-0.2, -0.15) is 28.0 Å². The number of halogens is 3. The zero-order valence-corrected chi connectivity index (χ0v) is 18.6. The van der Waals surface area contributed by atoms with Crippen molar-refractivity contribution in [1.29, 1.82) is 5.26 Å². The fourth-order valence-corrected chi connectivity index (χ4v) is 4.20. The first-order valence-corrected chi connectivity index (χ1v) is 11.1. The van der Waals surface area contributed by atoms with Gasteiger partial charge >= 0.3 is 6.18 Å². The van der Waals surface area contributed by atoms with Gasteiger partial charge in [-0.25, -0.2) is 0 Å². The first kappa shape index (κ1) is 22.6. The number of ether oxygens (including phenoxy) is 1. The summed E-state index contributed by atoms with van der Waals surface area (Å²) in [5.74, 6) is 0.455. The topological polar surface area (TPSA) is 97.2 Å². The average molecular weight is 482 g/mol. The van der Waals surface area contributed by atoms with Crippen LogP contribution in [-0.4, -0.2) is 49.3 Å². The van der Waals surface area contributed by atoms with Crippen molar-refractivity contribution in [2.45, 2.75) is 31.5 Å². The summed E-state index contributed by atoms with van der Waals surface area (Å²) < 4.78 is 47.7. The predicted molar refractivity (Wildman–Crippen MR) is 119 cm³/mol. The highest BCUT2D eigenvalue weighted by molar-refractivity contribution is 5.46. The molecule has 0 spiro atoms. The van der Waals surface area contributed by atoms with E-state index < -0.39 is 12.0 Å². The van der Waals surface area contributed by atoms with E-state index in [1.54, 1.807) is 16.9 Å². The number of rotatable bonds is 6. The van der Waals surface area contributed by atoms with Crippen LogP contribution in [0, 0.1) is 11.3 Å². The van der Waals surface area contributed by atoms with Crippen LogP contribution in [0.4, 0.5) is 19.0 Å². The Balaban J connectivity index is 1.16. The number of hydrogen-bond acceptors (Lipinski definition) is 7. The molecule has 0 N–H and O–H groups in total. The lowest BCUT2D eigenvalue weighted by Gasteiger charge is -2.33. The Bertz CT molecular complexity index is 1350. The first-order chi connectivity index (χ1) is 16.9. The van der Waals surface area contributed by atoms with Gasteiger partial charge in [0.1, 0.15) is 24.2 Å².